The van der Waals surface area contributed by atoms with Crippen LogP contribution in [-0.4, -0.2) is 78.9 Å². The van der Waals surface area contributed by atoms with Gasteiger partial charge in [-0.3, -0.25) is 30.3 Å². The molecular formula is C23H28F2N6O4. The predicted molar refractivity (Wildman–Crippen MR) is 124 cm³/mol. The summed E-state index contributed by atoms with van der Waals surface area (Å²) in [6.07, 6.45) is -2.01. The lowest BCUT2D eigenvalue weighted by Crippen LogP contribution is -2.52. The number of halogens is 2. The number of hydrogen-bond acceptors (Lipinski definition) is 6. The van der Waals surface area contributed by atoms with Crippen LogP contribution in [-0.2, 0) is 11.3 Å². The first-order valence-electron chi connectivity index (χ1n) is 11.1. The van der Waals surface area contributed by atoms with Crippen molar-refractivity contribution in [2.45, 2.75) is 19.9 Å². The van der Waals surface area contributed by atoms with Crippen LogP contribution >= 0.6 is 0 Å². The fourth-order valence-corrected chi connectivity index (χ4v) is 3.53. The molecule has 0 atom stereocenters. The molecule has 2 heterocycles. The molecule has 3 rings (SSSR count). The first-order chi connectivity index (χ1) is 16.8. The van der Waals surface area contributed by atoms with Crippen molar-refractivity contribution in [3.05, 3.63) is 53.9 Å². The summed E-state index contributed by atoms with van der Waals surface area (Å²) in [6, 6.07) is 9.94. The summed E-state index contributed by atoms with van der Waals surface area (Å²) < 4.78 is 29.8. The molecule has 1 aromatic heterocycles. The molecule has 10 nitrogen and oxygen atoms in total. The third kappa shape index (κ3) is 6.85. The molecular weight excluding hydrogens is 462 g/mol. The van der Waals surface area contributed by atoms with Gasteiger partial charge < -0.3 is 14.5 Å². The molecule has 0 bridgehead atoms. The van der Waals surface area contributed by atoms with E-state index in [1.54, 1.807) is 52.7 Å². The molecule has 12 heteroatoms. The second-order valence-electron chi connectivity index (χ2n) is 7.77. The highest BCUT2D eigenvalue weighted by Crippen LogP contribution is 2.24. The molecule has 1 saturated heterocycles. The number of urea groups is 1. The third-order valence-electron chi connectivity index (χ3n) is 5.59. The number of carbonyl (C=O) groups excluding carboxylic acids is 3. The second-order valence-corrected chi connectivity index (χ2v) is 7.77. The molecule has 0 unspecified atom stereocenters. The molecule has 2 aromatic rings. The Morgan fingerprint density at radius 3 is 2.46 bits per heavy atom. The Kier molecular flexibility index (Phi) is 8.90. The Labute approximate surface area is 201 Å². The van der Waals surface area contributed by atoms with E-state index in [4.69, 9.17) is 4.74 Å². The lowest BCUT2D eigenvalue weighted by molar-refractivity contribution is -0.132. The van der Waals surface area contributed by atoms with Gasteiger partial charge in [0.1, 0.15) is 5.75 Å². The molecule has 2 N–H and O–H groups in total. The van der Waals surface area contributed by atoms with Crippen LogP contribution in [0.1, 0.15) is 23.0 Å². The fraction of sp³-hybridized carbons (Fsp3) is 0.391. The van der Waals surface area contributed by atoms with Crippen molar-refractivity contribution in [3.8, 4) is 5.75 Å². The number of anilines is 1. The number of carbonyl (C=O) groups is 3. The number of amides is 4. The van der Waals surface area contributed by atoms with Gasteiger partial charge in [0.15, 0.2) is 0 Å². The summed E-state index contributed by atoms with van der Waals surface area (Å²) in [5, 5.41) is 0. The summed E-state index contributed by atoms with van der Waals surface area (Å²) in [5.41, 5.74) is 4.71. The maximum atomic E-state index is 13.5. The maximum absolute atomic E-state index is 13.5. The van der Waals surface area contributed by atoms with Gasteiger partial charge in [0.05, 0.1) is 24.9 Å². The minimum Gasteiger partial charge on any atom is -0.497 e. The molecule has 1 aliphatic rings. The molecule has 0 spiro atoms. The largest absolute Gasteiger partial charge is 0.497 e. The third-order valence-corrected chi connectivity index (χ3v) is 5.59. The number of methoxy groups -OCH3 is 1. The molecule has 35 heavy (non-hydrogen) atoms. The maximum Gasteiger partial charge on any atom is 0.324 e. The van der Waals surface area contributed by atoms with Gasteiger partial charge in [0.25, 0.3) is 5.91 Å². The first-order valence-corrected chi connectivity index (χ1v) is 11.1. The van der Waals surface area contributed by atoms with Gasteiger partial charge in [-0.15, -0.1) is 0 Å². The number of piperazine rings is 1. The summed E-state index contributed by atoms with van der Waals surface area (Å²) in [7, 11) is 1.55. The van der Waals surface area contributed by atoms with Gasteiger partial charge in [-0.2, -0.15) is 8.78 Å². The van der Waals surface area contributed by atoms with E-state index in [0.29, 0.717) is 30.2 Å². The number of ether oxygens (including phenoxy) is 1. The molecule has 1 aromatic carbocycles. The highest BCUT2D eigenvalue weighted by molar-refractivity contribution is 5.95. The van der Waals surface area contributed by atoms with Gasteiger partial charge in [0.2, 0.25) is 0 Å². The van der Waals surface area contributed by atoms with Crippen LogP contribution in [0.5, 0.6) is 5.75 Å². The van der Waals surface area contributed by atoms with Crippen molar-refractivity contribution in [3.63, 3.8) is 0 Å². The number of rotatable bonds is 7. The van der Waals surface area contributed by atoms with Crippen LogP contribution < -0.4 is 20.5 Å². The van der Waals surface area contributed by atoms with Crippen LogP contribution in [0.25, 0.3) is 0 Å². The average Bonchev–Trinajstić information content (AvgIpc) is 2.90. The first kappa shape index (κ1) is 25.8. The number of nitrogens with one attached hydrogen (secondary N) is 2. The van der Waals surface area contributed by atoms with Crippen LogP contribution in [0.3, 0.4) is 0 Å². The standard InChI is InChI=1S/C23H28F2N6O4/c1-3-29-9-11-30(12-10-29)23(34)31(18-5-4-6-19(13-18)35-2)15-17-8-7-16(14-26-17)21(32)27-28-22(33)20(24)25/h4-8,13-14,20H,3,9-12,15H2,1-2H3,(H,27,32)(H,28,33). The fourth-order valence-electron chi connectivity index (χ4n) is 3.53. The number of pyridine rings is 1. The van der Waals surface area contributed by atoms with Crippen molar-refractivity contribution >= 4 is 23.5 Å². The van der Waals surface area contributed by atoms with E-state index in [-0.39, 0.29) is 18.1 Å². The van der Waals surface area contributed by atoms with Crippen LogP contribution in [0.2, 0.25) is 0 Å². The second kappa shape index (κ2) is 12.1. The lowest BCUT2D eigenvalue weighted by Gasteiger charge is -2.37. The van der Waals surface area contributed by atoms with Crippen LogP contribution in [0, 0.1) is 0 Å². The zero-order valence-electron chi connectivity index (χ0n) is 19.5. The highest BCUT2D eigenvalue weighted by Gasteiger charge is 2.26. The SMILES string of the molecule is CCN1CCN(C(=O)N(Cc2ccc(C(=O)NNC(=O)C(F)F)cn2)c2cccc(OC)c2)CC1. The summed E-state index contributed by atoms with van der Waals surface area (Å²) in [6.45, 7) is 5.93. The van der Waals surface area contributed by atoms with E-state index in [1.807, 2.05) is 5.43 Å². The van der Waals surface area contributed by atoms with E-state index >= 15 is 0 Å². The topological polar surface area (TPSA) is 107 Å². The quantitative estimate of drug-likeness (QED) is 0.574. The molecule has 0 radical (unpaired) electrons. The van der Waals surface area contributed by atoms with Gasteiger partial charge in [0, 0.05) is 44.1 Å². The smallest absolute Gasteiger partial charge is 0.324 e. The van der Waals surface area contributed by atoms with Crippen molar-refractivity contribution in [1.82, 2.24) is 25.6 Å². The summed E-state index contributed by atoms with van der Waals surface area (Å²) >= 11 is 0. The highest BCUT2D eigenvalue weighted by atomic mass is 19.3. The van der Waals surface area contributed by atoms with E-state index in [1.165, 1.54) is 12.3 Å². The Morgan fingerprint density at radius 1 is 1.11 bits per heavy atom. The van der Waals surface area contributed by atoms with Gasteiger partial charge in [-0.25, -0.2) is 4.79 Å². The minimum atomic E-state index is -3.25. The van der Waals surface area contributed by atoms with E-state index in [0.717, 1.165) is 19.6 Å². The van der Waals surface area contributed by atoms with Gasteiger partial charge >= 0.3 is 18.4 Å². The average molecular weight is 491 g/mol. The Bertz CT molecular complexity index is 1030. The number of benzene rings is 1. The van der Waals surface area contributed by atoms with Crippen LogP contribution in [0.4, 0.5) is 19.3 Å². The van der Waals surface area contributed by atoms with Crippen LogP contribution in [0.15, 0.2) is 42.6 Å². The van der Waals surface area contributed by atoms with Crippen molar-refractivity contribution < 1.29 is 27.9 Å². The lowest BCUT2D eigenvalue weighted by atomic mass is 10.2. The van der Waals surface area contributed by atoms with Crippen molar-refractivity contribution in [1.29, 1.82) is 0 Å². The predicted octanol–water partition coefficient (Wildman–Crippen LogP) is 1.88. The zero-order valence-corrected chi connectivity index (χ0v) is 19.5. The molecule has 0 aliphatic carbocycles. The Balaban J connectivity index is 1.75. The minimum absolute atomic E-state index is 0.0539. The van der Waals surface area contributed by atoms with E-state index < -0.39 is 18.2 Å². The summed E-state index contributed by atoms with van der Waals surface area (Å²) in [5.74, 6) is -1.82. The number of alkyl halides is 2. The molecule has 0 saturated carbocycles. The molecule has 1 aliphatic heterocycles. The van der Waals surface area contributed by atoms with E-state index in [2.05, 4.69) is 16.8 Å². The number of nitrogens with zero attached hydrogens (tertiary/aromatic N) is 4. The number of aromatic nitrogens is 1. The summed E-state index contributed by atoms with van der Waals surface area (Å²) in [4.78, 5) is 46.4. The number of likely N-dealkylation sites (N-methyl/N-ethyl adjacent to an activating group) is 1. The normalized spacial score (nSPS) is 13.9. The molecule has 1 fully saturated rings. The van der Waals surface area contributed by atoms with Gasteiger partial charge in [-0.1, -0.05) is 13.0 Å². The van der Waals surface area contributed by atoms with Gasteiger partial charge in [-0.05, 0) is 30.8 Å². The monoisotopic (exact) mass is 490 g/mol. The number of hydrogen-bond donors (Lipinski definition) is 2. The molecule has 4 amide bonds. The van der Waals surface area contributed by atoms with Crippen molar-refractivity contribution in [2.24, 2.45) is 0 Å². The Hall–Kier alpha value is -3.80. The van der Waals surface area contributed by atoms with E-state index in [9.17, 15) is 23.2 Å². The number of hydrazine groups is 1. The Morgan fingerprint density at radius 2 is 1.86 bits per heavy atom. The zero-order chi connectivity index (χ0) is 25.4. The van der Waals surface area contributed by atoms with Crippen molar-refractivity contribution in [2.75, 3.05) is 44.7 Å². The molecule has 188 valence electrons.